The molecule has 0 atom stereocenters. The van der Waals surface area contributed by atoms with Gasteiger partial charge in [0.25, 0.3) is 0 Å². The Balaban J connectivity index is 1.94. The van der Waals surface area contributed by atoms with Crippen LogP contribution in [0.4, 0.5) is 4.39 Å². The van der Waals surface area contributed by atoms with Crippen LogP contribution in [0.3, 0.4) is 0 Å². The number of aromatic nitrogens is 1. The first-order chi connectivity index (χ1) is 9.76. The number of benzene rings is 2. The topological polar surface area (TPSA) is 33.1 Å². The summed E-state index contributed by atoms with van der Waals surface area (Å²) >= 11 is 1.51. The number of fused-ring (bicyclic) bond motifs is 1. The van der Waals surface area contributed by atoms with Crippen LogP contribution in [-0.4, -0.2) is 10.1 Å². The molecule has 0 saturated carbocycles. The quantitative estimate of drug-likeness (QED) is 0.786. The van der Waals surface area contributed by atoms with Crippen molar-refractivity contribution in [3.05, 3.63) is 64.4 Å². The lowest BCUT2D eigenvalue weighted by Gasteiger charge is -2.00. The zero-order valence-corrected chi connectivity index (χ0v) is 11.4. The predicted octanol–water partition coefficient (Wildman–Crippen LogP) is 4.10. The lowest BCUT2D eigenvalue weighted by atomic mass is 10.1. The van der Waals surface area contributed by atoms with Gasteiger partial charge in [0.2, 0.25) is 0 Å². The SMILES string of the molecule is OCc1ccccc1/C=C/c1nc2cc(F)ccc2s1. The minimum Gasteiger partial charge on any atom is -0.392 e. The van der Waals surface area contributed by atoms with E-state index in [0.717, 1.165) is 20.8 Å². The summed E-state index contributed by atoms with van der Waals surface area (Å²) in [6.45, 7) is 0.00552. The van der Waals surface area contributed by atoms with Crippen LogP contribution in [0.25, 0.3) is 22.4 Å². The zero-order chi connectivity index (χ0) is 13.9. The average Bonchev–Trinajstić information content (AvgIpc) is 2.87. The smallest absolute Gasteiger partial charge is 0.125 e. The van der Waals surface area contributed by atoms with Gasteiger partial charge in [0, 0.05) is 6.07 Å². The molecule has 3 aromatic rings. The number of rotatable bonds is 3. The standard InChI is InChI=1S/C16H12FNOS/c17-13-6-7-15-14(9-13)18-16(20-15)8-5-11-3-1-2-4-12(11)10-19/h1-9,19H,10H2/b8-5+. The molecule has 2 nitrogen and oxygen atoms in total. The third-order valence-electron chi connectivity index (χ3n) is 3.00. The highest BCUT2D eigenvalue weighted by atomic mass is 32.1. The molecule has 0 unspecified atom stereocenters. The van der Waals surface area contributed by atoms with Crippen LogP contribution in [0.5, 0.6) is 0 Å². The van der Waals surface area contributed by atoms with Gasteiger partial charge >= 0.3 is 0 Å². The van der Waals surface area contributed by atoms with Gasteiger partial charge in [0.15, 0.2) is 0 Å². The molecule has 0 saturated heterocycles. The summed E-state index contributed by atoms with van der Waals surface area (Å²) in [5, 5.41) is 10.1. The van der Waals surface area contributed by atoms with Crippen molar-refractivity contribution >= 4 is 33.7 Å². The highest BCUT2D eigenvalue weighted by molar-refractivity contribution is 7.19. The monoisotopic (exact) mass is 285 g/mol. The van der Waals surface area contributed by atoms with Crippen molar-refractivity contribution in [3.8, 4) is 0 Å². The largest absolute Gasteiger partial charge is 0.392 e. The molecule has 0 radical (unpaired) electrons. The fourth-order valence-electron chi connectivity index (χ4n) is 1.99. The molecule has 0 aliphatic carbocycles. The number of hydrogen-bond acceptors (Lipinski definition) is 3. The molecule has 0 amide bonds. The molecule has 20 heavy (non-hydrogen) atoms. The second-order valence-corrected chi connectivity index (χ2v) is 5.42. The fraction of sp³-hybridized carbons (Fsp3) is 0.0625. The van der Waals surface area contributed by atoms with E-state index in [1.807, 2.05) is 36.4 Å². The Labute approximate surface area is 119 Å². The van der Waals surface area contributed by atoms with Gasteiger partial charge in [-0.15, -0.1) is 11.3 Å². The second kappa shape index (κ2) is 5.53. The molecular weight excluding hydrogens is 273 g/mol. The Kier molecular flexibility index (Phi) is 3.58. The highest BCUT2D eigenvalue weighted by Gasteiger charge is 2.03. The minimum absolute atomic E-state index is 0.00552. The van der Waals surface area contributed by atoms with Crippen molar-refractivity contribution in [3.63, 3.8) is 0 Å². The van der Waals surface area contributed by atoms with E-state index in [0.29, 0.717) is 5.52 Å². The zero-order valence-electron chi connectivity index (χ0n) is 10.6. The summed E-state index contributed by atoms with van der Waals surface area (Å²) in [4.78, 5) is 4.37. The Bertz CT molecular complexity index is 779. The third kappa shape index (κ3) is 2.61. The van der Waals surface area contributed by atoms with Crippen molar-refractivity contribution in [2.75, 3.05) is 0 Å². The summed E-state index contributed by atoms with van der Waals surface area (Å²) in [6.07, 6.45) is 3.80. The maximum atomic E-state index is 13.1. The van der Waals surface area contributed by atoms with Crippen molar-refractivity contribution in [2.24, 2.45) is 0 Å². The molecule has 0 aliphatic rings. The highest BCUT2D eigenvalue weighted by Crippen LogP contribution is 2.24. The number of halogens is 1. The van der Waals surface area contributed by atoms with E-state index in [2.05, 4.69) is 4.98 Å². The molecule has 0 bridgehead atoms. The molecule has 1 heterocycles. The van der Waals surface area contributed by atoms with E-state index in [1.165, 1.54) is 23.5 Å². The van der Waals surface area contributed by atoms with E-state index in [-0.39, 0.29) is 12.4 Å². The van der Waals surface area contributed by atoms with Gasteiger partial charge in [-0.2, -0.15) is 0 Å². The lowest BCUT2D eigenvalue weighted by molar-refractivity contribution is 0.281. The predicted molar refractivity (Wildman–Crippen MR) is 80.9 cm³/mol. The summed E-state index contributed by atoms with van der Waals surface area (Å²) in [7, 11) is 0. The van der Waals surface area contributed by atoms with E-state index in [9.17, 15) is 9.50 Å². The van der Waals surface area contributed by atoms with Crippen LogP contribution in [0.15, 0.2) is 42.5 Å². The number of aliphatic hydroxyl groups is 1. The second-order valence-electron chi connectivity index (χ2n) is 4.35. The number of thiazole rings is 1. The van der Waals surface area contributed by atoms with Gasteiger partial charge in [-0.25, -0.2) is 9.37 Å². The van der Waals surface area contributed by atoms with Crippen molar-refractivity contribution in [2.45, 2.75) is 6.61 Å². The van der Waals surface area contributed by atoms with E-state index in [4.69, 9.17) is 0 Å². The molecule has 1 aromatic heterocycles. The van der Waals surface area contributed by atoms with Gasteiger partial charge in [-0.1, -0.05) is 30.3 Å². The van der Waals surface area contributed by atoms with Crippen LogP contribution in [0.1, 0.15) is 16.1 Å². The van der Waals surface area contributed by atoms with E-state index >= 15 is 0 Å². The first-order valence-corrected chi connectivity index (χ1v) is 7.01. The van der Waals surface area contributed by atoms with Gasteiger partial charge in [-0.05, 0) is 29.3 Å². The molecule has 1 N–H and O–H groups in total. The van der Waals surface area contributed by atoms with Crippen LogP contribution in [0, 0.1) is 5.82 Å². The molecule has 100 valence electrons. The van der Waals surface area contributed by atoms with Gasteiger partial charge in [0.1, 0.15) is 10.8 Å². The summed E-state index contributed by atoms with van der Waals surface area (Å²) in [5.74, 6) is -0.274. The Morgan fingerprint density at radius 1 is 1.15 bits per heavy atom. The fourth-order valence-corrected chi connectivity index (χ4v) is 2.84. The molecule has 0 fully saturated rings. The Morgan fingerprint density at radius 3 is 2.85 bits per heavy atom. The minimum atomic E-state index is -0.274. The maximum absolute atomic E-state index is 13.1. The normalized spacial score (nSPS) is 11.5. The van der Waals surface area contributed by atoms with Crippen LogP contribution >= 0.6 is 11.3 Å². The molecule has 0 aliphatic heterocycles. The number of aliphatic hydroxyl groups excluding tert-OH is 1. The Hall–Kier alpha value is -2.04. The van der Waals surface area contributed by atoms with Crippen LogP contribution in [0.2, 0.25) is 0 Å². The average molecular weight is 285 g/mol. The summed E-state index contributed by atoms with van der Waals surface area (Å²) in [5.41, 5.74) is 2.50. The van der Waals surface area contributed by atoms with Crippen LogP contribution < -0.4 is 0 Å². The van der Waals surface area contributed by atoms with E-state index in [1.54, 1.807) is 6.07 Å². The first kappa shape index (κ1) is 13.0. The number of hydrogen-bond donors (Lipinski definition) is 1. The Morgan fingerprint density at radius 2 is 2.00 bits per heavy atom. The van der Waals surface area contributed by atoms with Gasteiger partial charge in [0.05, 0.1) is 16.8 Å². The first-order valence-electron chi connectivity index (χ1n) is 6.19. The van der Waals surface area contributed by atoms with Crippen molar-refractivity contribution < 1.29 is 9.50 Å². The van der Waals surface area contributed by atoms with Crippen molar-refractivity contribution in [1.82, 2.24) is 4.98 Å². The molecule has 0 spiro atoms. The van der Waals surface area contributed by atoms with Gasteiger partial charge in [-0.3, -0.25) is 0 Å². The summed E-state index contributed by atoms with van der Waals surface area (Å²) < 4.78 is 14.1. The lowest BCUT2D eigenvalue weighted by Crippen LogP contribution is -1.86. The number of nitrogens with zero attached hydrogens (tertiary/aromatic N) is 1. The maximum Gasteiger partial charge on any atom is 0.125 e. The molecule has 2 aromatic carbocycles. The molecular formula is C16H12FNOS. The van der Waals surface area contributed by atoms with Gasteiger partial charge < -0.3 is 5.11 Å². The van der Waals surface area contributed by atoms with E-state index < -0.39 is 0 Å². The molecule has 4 heteroatoms. The third-order valence-corrected chi connectivity index (χ3v) is 4.00. The van der Waals surface area contributed by atoms with Crippen LogP contribution in [-0.2, 0) is 6.61 Å². The molecule has 3 rings (SSSR count). The van der Waals surface area contributed by atoms with Crippen molar-refractivity contribution in [1.29, 1.82) is 0 Å². The summed E-state index contributed by atoms with van der Waals surface area (Å²) in [6, 6.07) is 12.2.